The molecule has 0 heterocycles. The summed E-state index contributed by atoms with van der Waals surface area (Å²) in [6.07, 6.45) is 0. The van der Waals surface area contributed by atoms with Crippen LogP contribution in [0.1, 0.15) is 26.3 Å². The lowest BCUT2D eigenvalue weighted by Crippen LogP contribution is -2.06. The highest BCUT2D eigenvalue weighted by atomic mass is 16.5. The summed E-state index contributed by atoms with van der Waals surface area (Å²) in [5.74, 6) is 5.25. The van der Waals surface area contributed by atoms with Crippen molar-refractivity contribution in [2.24, 2.45) is 5.84 Å². The van der Waals surface area contributed by atoms with Gasteiger partial charge in [0.2, 0.25) is 0 Å². The predicted molar refractivity (Wildman–Crippen MR) is 77.2 cm³/mol. The van der Waals surface area contributed by atoms with E-state index < -0.39 is 0 Å². The number of hydrogen-bond donors (Lipinski definition) is 2. The summed E-state index contributed by atoms with van der Waals surface area (Å²) < 4.78 is 5.40. The minimum atomic E-state index is 0.608. The molecule has 0 unspecified atom stereocenters. The van der Waals surface area contributed by atoms with Gasteiger partial charge < -0.3 is 15.0 Å². The minimum Gasteiger partial charge on any atom is -0.372 e. The smallest absolute Gasteiger partial charge is 0.106 e. The number of benzene rings is 1. The Labute approximate surface area is 110 Å². The van der Waals surface area contributed by atoms with Crippen LogP contribution in [0.2, 0.25) is 0 Å². The maximum atomic E-state index is 8.00. The van der Waals surface area contributed by atoms with Crippen molar-refractivity contribution >= 4 is 12.5 Å². The third kappa shape index (κ3) is 9.57. The van der Waals surface area contributed by atoms with Gasteiger partial charge >= 0.3 is 0 Å². The third-order valence-electron chi connectivity index (χ3n) is 1.74. The molecule has 0 aliphatic rings. The molecule has 0 amide bonds. The Hall–Kier alpha value is -1.65. The molecule has 0 saturated carbocycles. The van der Waals surface area contributed by atoms with Gasteiger partial charge in [-0.1, -0.05) is 38.1 Å². The summed E-state index contributed by atoms with van der Waals surface area (Å²) in [6, 6.07) is 7.79. The number of carbonyl (C=O) groups is 1. The van der Waals surface area contributed by atoms with Crippen LogP contribution in [0.25, 0.3) is 0 Å². The summed E-state index contributed by atoms with van der Waals surface area (Å²) in [6.45, 7) is 12.9. The van der Waals surface area contributed by atoms with Gasteiger partial charge in [-0.25, -0.2) is 0 Å². The second-order valence-electron chi connectivity index (χ2n) is 3.29. The first-order valence-corrected chi connectivity index (χ1v) is 5.79. The van der Waals surface area contributed by atoms with Crippen molar-refractivity contribution in [3.8, 4) is 0 Å². The summed E-state index contributed by atoms with van der Waals surface area (Å²) >= 11 is 0. The molecule has 4 nitrogen and oxygen atoms in total. The van der Waals surface area contributed by atoms with Crippen LogP contribution >= 0.6 is 0 Å². The normalized spacial score (nSPS) is 8.22. The van der Waals surface area contributed by atoms with Crippen LogP contribution in [0, 0.1) is 0 Å². The molecule has 102 valence electrons. The molecule has 0 spiro atoms. The van der Waals surface area contributed by atoms with Gasteiger partial charge in [-0.2, -0.15) is 0 Å². The highest BCUT2D eigenvalue weighted by Gasteiger charge is 1.93. The molecule has 1 aromatic carbocycles. The molecule has 0 saturated heterocycles. The zero-order valence-corrected chi connectivity index (χ0v) is 11.5. The van der Waals surface area contributed by atoms with E-state index in [1.165, 1.54) is 0 Å². The Kier molecular flexibility index (Phi) is 13.9. The Morgan fingerprint density at radius 3 is 2.17 bits per heavy atom. The molecule has 0 aliphatic carbocycles. The molecular weight excluding hydrogens is 228 g/mol. The van der Waals surface area contributed by atoms with Crippen LogP contribution in [-0.4, -0.2) is 13.4 Å². The Balaban J connectivity index is 0. The molecule has 0 aromatic heterocycles. The highest BCUT2D eigenvalue weighted by molar-refractivity contribution is 5.43. The van der Waals surface area contributed by atoms with Crippen LogP contribution in [0.5, 0.6) is 0 Å². The number of hydrogen-bond acceptors (Lipinski definition) is 4. The first kappa shape index (κ1) is 18.7. The summed E-state index contributed by atoms with van der Waals surface area (Å²) in [4.78, 5) is 8.00. The lowest BCUT2D eigenvalue weighted by atomic mass is 10.2. The maximum absolute atomic E-state index is 8.00. The van der Waals surface area contributed by atoms with E-state index in [2.05, 4.69) is 12.0 Å². The van der Waals surface area contributed by atoms with Gasteiger partial charge in [-0.3, -0.25) is 5.84 Å². The second-order valence-corrected chi connectivity index (χ2v) is 3.29. The van der Waals surface area contributed by atoms with Crippen LogP contribution in [0.4, 0.5) is 5.69 Å². The minimum absolute atomic E-state index is 0.608. The average molecular weight is 252 g/mol. The molecule has 18 heavy (non-hydrogen) atoms. The Bertz CT molecular complexity index is 310. The average Bonchev–Trinajstić information content (AvgIpc) is 2.44. The fourth-order valence-corrected chi connectivity index (χ4v) is 1.04. The van der Waals surface area contributed by atoms with E-state index >= 15 is 0 Å². The molecule has 0 atom stereocenters. The maximum Gasteiger partial charge on any atom is 0.106 e. The van der Waals surface area contributed by atoms with Gasteiger partial charge in [0.15, 0.2) is 0 Å². The summed E-state index contributed by atoms with van der Waals surface area (Å²) in [5, 5.41) is 0. The molecule has 0 aliphatic heterocycles. The monoisotopic (exact) mass is 252 g/mol. The highest BCUT2D eigenvalue weighted by Crippen LogP contribution is 2.09. The van der Waals surface area contributed by atoms with Gasteiger partial charge in [0.1, 0.15) is 6.79 Å². The quantitative estimate of drug-likeness (QED) is 0.480. The number of anilines is 1. The van der Waals surface area contributed by atoms with Gasteiger partial charge in [0.05, 0.1) is 13.2 Å². The number of rotatable bonds is 5. The number of hydrazine groups is 1. The van der Waals surface area contributed by atoms with Gasteiger partial charge in [-0.15, -0.1) is 0 Å². The number of carbonyl (C=O) groups excluding carboxylic acids is 1. The lowest BCUT2D eigenvalue weighted by molar-refractivity contribution is -0.0979. The summed E-state index contributed by atoms with van der Waals surface area (Å²) in [5.41, 5.74) is 5.63. The zero-order chi connectivity index (χ0) is 14.4. The van der Waals surface area contributed by atoms with Crippen molar-refractivity contribution in [1.29, 1.82) is 0 Å². The van der Waals surface area contributed by atoms with E-state index in [0.717, 1.165) is 16.8 Å². The number of nitrogen functional groups attached to an aromatic ring is 1. The number of nitrogens with two attached hydrogens (primary N) is 1. The molecule has 0 radical (unpaired) electrons. The van der Waals surface area contributed by atoms with E-state index in [-0.39, 0.29) is 0 Å². The van der Waals surface area contributed by atoms with Gasteiger partial charge in [-0.05, 0) is 24.6 Å². The van der Waals surface area contributed by atoms with Crippen molar-refractivity contribution in [2.45, 2.75) is 27.4 Å². The van der Waals surface area contributed by atoms with Gasteiger partial charge in [0.25, 0.3) is 0 Å². The third-order valence-corrected chi connectivity index (χ3v) is 1.74. The molecule has 0 bridgehead atoms. The van der Waals surface area contributed by atoms with E-state index in [4.69, 9.17) is 15.4 Å². The molecular formula is C14H24N2O2. The van der Waals surface area contributed by atoms with E-state index in [1.54, 1.807) is 0 Å². The zero-order valence-electron chi connectivity index (χ0n) is 11.5. The van der Waals surface area contributed by atoms with Gasteiger partial charge in [0, 0.05) is 5.69 Å². The van der Waals surface area contributed by atoms with Crippen molar-refractivity contribution in [3.05, 3.63) is 42.0 Å². The molecule has 3 N–H and O–H groups in total. The van der Waals surface area contributed by atoms with Crippen molar-refractivity contribution < 1.29 is 9.53 Å². The van der Waals surface area contributed by atoms with Crippen molar-refractivity contribution in [2.75, 3.05) is 12.0 Å². The van der Waals surface area contributed by atoms with Crippen LogP contribution in [0.15, 0.2) is 36.4 Å². The molecule has 0 fully saturated rings. The van der Waals surface area contributed by atoms with Crippen LogP contribution in [0.3, 0.4) is 0 Å². The van der Waals surface area contributed by atoms with Crippen LogP contribution < -0.4 is 11.3 Å². The van der Waals surface area contributed by atoms with Crippen molar-refractivity contribution in [1.82, 2.24) is 0 Å². The molecule has 4 heteroatoms. The van der Waals surface area contributed by atoms with E-state index in [9.17, 15) is 0 Å². The molecule has 1 aromatic rings. The first-order valence-electron chi connectivity index (χ1n) is 5.79. The standard InChI is InChI=1S/C11H16N2O.C2H6.CH2O/c1-9(2)7-14-8-10-3-5-11(13-12)6-4-10;2*1-2/h3-6,13H,1,7-8,12H2,2H3;1-2H3;1H2. The topological polar surface area (TPSA) is 64.3 Å². The van der Waals surface area contributed by atoms with Crippen LogP contribution in [-0.2, 0) is 16.1 Å². The first-order chi connectivity index (χ1) is 8.72. The Morgan fingerprint density at radius 1 is 1.28 bits per heavy atom. The Morgan fingerprint density at radius 2 is 1.78 bits per heavy atom. The largest absolute Gasteiger partial charge is 0.372 e. The summed E-state index contributed by atoms with van der Waals surface area (Å²) in [7, 11) is 0. The molecule has 1 rings (SSSR count). The van der Waals surface area contributed by atoms with E-state index in [0.29, 0.717) is 13.2 Å². The SMILES string of the molecule is C=C(C)COCc1ccc(NN)cc1.C=O.CC. The fourth-order valence-electron chi connectivity index (χ4n) is 1.04. The fraction of sp³-hybridized carbons (Fsp3) is 0.357. The number of nitrogens with one attached hydrogen (secondary N) is 1. The second kappa shape index (κ2) is 13.4. The lowest BCUT2D eigenvalue weighted by Gasteiger charge is -2.05. The van der Waals surface area contributed by atoms with E-state index in [1.807, 2.05) is 51.8 Å². The predicted octanol–water partition coefficient (Wildman–Crippen LogP) is 2.91. The number of ether oxygens (including phenoxy) is 1. The van der Waals surface area contributed by atoms with Crippen molar-refractivity contribution in [3.63, 3.8) is 0 Å².